The standard InChI is InChI=1S/C13H13ClO3/c1-3-17-13(16)12(15)11(8-14)10-6-4-9(2)5-7-10/h4-8H,3H2,1-2H3/b11-8-. The van der Waals surface area contributed by atoms with Crippen LogP contribution in [-0.2, 0) is 14.3 Å². The molecule has 0 bridgehead atoms. The molecule has 0 spiro atoms. The van der Waals surface area contributed by atoms with Gasteiger partial charge in [-0.2, -0.15) is 0 Å². The summed E-state index contributed by atoms with van der Waals surface area (Å²) in [7, 11) is 0. The monoisotopic (exact) mass is 252 g/mol. The highest BCUT2D eigenvalue weighted by Crippen LogP contribution is 2.18. The van der Waals surface area contributed by atoms with Crippen molar-refractivity contribution < 1.29 is 14.3 Å². The van der Waals surface area contributed by atoms with E-state index in [0.29, 0.717) is 5.56 Å². The van der Waals surface area contributed by atoms with Gasteiger partial charge < -0.3 is 4.74 Å². The molecular weight excluding hydrogens is 240 g/mol. The quantitative estimate of drug-likeness (QED) is 0.470. The lowest BCUT2D eigenvalue weighted by Crippen LogP contribution is -2.18. The second kappa shape index (κ2) is 6.21. The lowest BCUT2D eigenvalue weighted by Gasteiger charge is -2.05. The first kappa shape index (κ1) is 13.5. The van der Waals surface area contributed by atoms with Gasteiger partial charge in [0.2, 0.25) is 0 Å². The van der Waals surface area contributed by atoms with Gasteiger partial charge in [0.1, 0.15) is 0 Å². The molecule has 0 aliphatic heterocycles. The number of ketones is 1. The van der Waals surface area contributed by atoms with E-state index in [9.17, 15) is 9.59 Å². The Labute approximate surface area is 105 Å². The first-order valence-electron chi connectivity index (χ1n) is 5.19. The second-order valence-electron chi connectivity index (χ2n) is 3.44. The van der Waals surface area contributed by atoms with Crippen LogP contribution < -0.4 is 0 Å². The third kappa shape index (κ3) is 3.43. The summed E-state index contributed by atoms with van der Waals surface area (Å²) >= 11 is 5.59. The fourth-order valence-corrected chi connectivity index (χ4v) is 1.51. The molecule has 0 radical (unpaired) electrons. The minimum Gasteiger partial charge on any atom is -0.460 e. The van der Waals surface area contributed by atoms with Gasteiger partial charge in [-0.05, 0) is 19.4 Å². The Kier molecular flexibility index (Phi) is 4.91. The minimum atomic E-state index is -0.889. The van der Waals surface area contributed by atoms with Gasteiger partial charge >= 0.3 is 5.97 Å². The maximum atomic E-state index is 11.7. The average molecular weight is 253 g/mol. The first-order chi connectivity index (χ1) is 8.10. The fraction of sp³-hybridized carbons (Fsp3) is 0.231. The molecule has 90 valence electrons. The topological polar surface area (TPSA) is 43.4 Å². The van der Waals surface area contributed by atoms with Crippen molar-refractivity contribution in [2.75, 3.05) is 6.61 Å². The van der Waals surface area contributed by atoms with E-state index in [0.717, 1.165) is 11.1 Å². The SMILES string of the molecule is CCOC(=O)C(=O)/C(=C\Cl)c1ccc(C)cc1. The maximum absolute atomic E-state index is 11.7. The predicted molar refractivity (Wildman–Crippen MR) is 66.6 cm³/mol. The highest BCUT2D eigenvalue weighted by atomic mass is 35.5. The molecule has 0 aromatic heterocycles. The van der Waals surface area contributed by atoms with E-state index in [1.165, 1.54) is 0 Å². The van der Waals surface area contributed by atoms with Gasteiger partial charge in [0, 0.05) is 11.1 Å². The molecule has 0 saturated heterocycles. The number of halogens is 1. The lowest BCUT2D eigenvalue weighted by molar-refractivity contribution is -0.150. The number of Topliss-reactive ketones (excluding diaryl/α,β-unsaturated/α-hetero) is 1. The zero-order valence-electron chi connectivity index (χ0n) is 9.70. The van der Waals surface area contributed by atoms with Crippen molar-refractivity contribution in [3.8, 4) is 0 Å². The summed E-state index contributed by atoms with van der Waals surface area (Å²) < 4.78 is 4.64. The van der Waals surface area contributed by atoms with Crippen LogP contribution in [0, 0.1) is 6.92 Å². The third-order valence-corrected chi connectivity index (χ3v) is 2.40. The van der Waals surface area contributed by atoms with E-state index in [1.54, 1.807) is 19.1 Å². The molecule has 3 nitrogen and oxygen atoms in total. The summed E-state index contributed by atoms with van der Waals surface area (Å²) in [5.74, 6) is -1.62. The molecule has 4 heteroatoms. The molecule has 1 rings (SSSR count). The smallest absolute Gasteiger partial charge is 0.379 e. The number of carbonyl (C=O) groups excluding carboxylic acids is 2. The summed E-state index contributed by atoms with van der Waals surface area (Å²) in [5, 5.41) is 0. The van der Waals surface area contributed by atoms with Gasteiger partial charge in [0.25, 0.3) is 5.78 Å². The van der Waals surface area contributed by atoms with Crippen LogP contribution in [0.3, 0.4) is 0 Å². The van der Waals surface area contributed by atoms with Gasteiger partial charge in [0.15, 0.2) is 0 Å². The number of carbonyl (C=O) groups is 2. The molecule has 0 heterocycles. The van der Waals surface area contributed by atoms with Crippen LogP contribution in [0.25, 0.3) is 5.57 Å². The van der Waals surface area contributed by atoms with Crippen molar-refractivity contribution in [3.63, 3.8) is 0 Å². The van der Waals surface area contributed by atoms with Crippen LogP contribution in [0.15, 0.2) is 29.8 Å². The van der Waals surface area contributed by atoms with Crippen LogP contribution in [-0.4, -0.2) is 18.4 Å². The molecule has 0 aliphatic carbocycles. The molecule has 0 amide bonds. The zero-order chi connectivity index (χ0) is 12.8. The molecule has 1 aromatic carbocycles. The molecule has 0 N–H and O–H groups in total. The van der Waals surface area contributed by atoms with Crippen molar-refractivity contribution in [2.45, 2.75) is 13.8 Å². The van der Waals surface area contributed by atoms with E-state index >= 15 is 0 Å². The average Bonchev–Trinajstić information content (AvgIpc) is 2.32. The summed E-state index contributed by atoms with van der Waals surface area (Å²) in [6.45, 7) is 3.73. The van der Waals surface area contributed by atoms with Gasteiger partial charge in [0.05, 0.1) is 6.61 Å². The van der Waals surface area contributed by atoms with E-state index in [1.807, 2.05) is 19.1 Å². The van der Waals surface area contributed by atoms with Crippen LogP contribution in [0.1, 0.15) is 18.1 Å². The van der Waals surface area contributed by atoms with E-state index in [-0.39, 0.29) is 12.2 Å². The van der Waals surface area contributed by atoms with Crippen LogP contribution >= 0.6 is 11.6 Å². The van der Waals surface area contributed by atoms with Gasteiger partial charge in [-0.25, -0.2) is 4.79 Å². The highest BCUT2D eigenvalue weighted by Gasteiger charge is 2.21. The molecule has 0 atom stereocenters. The van der Waals surface area contributed by atoms with Crippen molar-refractivity contribution in [3.05, 3.63) is 40.9 Å². The van der Waals surface area contributed by atoms with Crippen LogP contribution in [0.2, 0.25) is 0 Å². The molecule has 0 fully saturated rings. The van der Waals surface area contributed by atoms with Gasteiger partial charge in [-0.15, -0.1) is 0 Å². The number of hydrogen-bond acceptors (Lipinski definition) is 3. The molecule has 0 unspecified atom stereocenters. The Hall–Kier alpha value is -1.61. The zero-order valence-corrected chi connectivity index (χ0v) is 10.5. The van der Waals surface area contributed by atoms with E-state index < -0.39 is 11.8 Å². The largest absolute Gasteiger partial charge is 0.460 e. The van der Waals surface area contributed by atoms with Crippen molar-refractivity contribution in [2.24, 2.45) is 0 Å². The molecule has 17 heavy (non-hydrogen) atoms. The third-order valence-electron chi connectivity index (χ3n) is 2.18. The number of esters is 1. The number of ether oxygens (including phenoxy) is 1. The first-order valence-corrected chi connectivity index (χ1v) is 5.62. The predicted octanol–water partition coefficient (Wildman–Crippen LogP) is 2.71. The Morgan fingerprint density at radius 2 is 1.88 bits per heavy atom. The number of hydrogen-bond donors (Lipinski definition) is 0. The van der Waals surface area contributed by atoms with E-state index in [4.69, 9.17) is 11.6 Å². The normalized spacial score (nSPS) is 11.1. The summed E-state index contributed by atoms with van der Waals surface area (Å²) in [6.07, 6.45) is 0. The summed E-state index contributed by atoms with van der Waals surface area (Å²) in [6, 6.07) is 7.16. The molecule has 1 aromatic rings. The second-order valence-corrected chi connectivity index (χ2v) is 3.66. The van der Waals surface area contributed by atoms with E-state index in [2.05, 4.69) is 4.74 Å². The Morgan fingerprint density at radius 3 is 2.35 bits per heavy atom. The Morgan fingerprint density at radius 1 is 1.29 bits per heavy atom. The molecule has 0 saturated carbocycles. The van der Waals surface area contributed by atoms with Gasteiger partial charge in [-0.3, -0.25) is 4.79 Å². The van der Waals surface area contributed by atoms with Crippen molar-refractivity contribution in [1.82, 2.24) is 0 Å². The van der Waals surface area contributed by atoms with Gasteiger partial charge in [-0.1, -0.05) is 41.4 Å². The maximum Gasteiger partial charge on any atom is 0.379 e. The molecule has 0 aliphatic rings. The highest BCUT2D eigenvalue weighted by molar-refractivity contribution is 6.54. The minimum absolute atomic E-state index is 0.144. The molecular formula is C13H13ClO3. The van der Waals surface area contributed by atoms with Crippen LogP contribution in [0.4, 0.5) is 0 Å². The van der Waals surface area contributed by atoms with Crippen molar-refractivity contribution in [1.29, 1.82) is 0 Å². The Balaban J connectivity index is 2.97. The number of benzene rings is 1. The Bertz CT molecular complexity index is 446. The number of rotatable bonds is 4. The van der Waals surface area contributed by atoms with Crippen LogP contribution in [0.5, 0.6) is 0 Å². The summed E-state index contributed by atoms with van der Waals surface area (Å²) in [4.78, 5) is 23.0. The lowest BCUT2D eigenvalue weighted by atomic mass is 10.0. The van der Waals surface area contributed by atoms with Crippen molar-refractivity contribution >= 4 is 28.9 Å². The fourth-order valence-electron chi connectivity index (χ4n) is 1.28. The number of aryl methyl sites for hydroxylation is 1. The summed E-state index contributed by atoms with van der Waals surface area (Å²) in [5.41, 5.74) is 2.91.